The number of benzene rings is 9. The van der Waals surface area contributed by atoms with E-state index in [4.69, 9.17) is 4.98 Å². The van der Waals surface area contributed by atoms with Crippen molar-refractivity contribution in [3.05, 3.63) is 224 Å². The molecule has 0 amide bonds. The highest BCUT2D eigenvalue weighted by atomic mass is 15.0. The zero-order chi connectivity index (χ0) is 39.3. The van der Waals surface area contributed by atoms with Gasteiger partial charge in [0.15, 0.2) is 0 Å². The standard InChI is InChI=1S/C41H27N3.C15H12/c1-5-22-38-32(16-1)33-17-2-6-23-39(33)43(38)30-14-9-12-28(26-30)36-20-11-21-37(42-36)29-13-10-15-31(27-29)44-40-24-7-3-18-34(40)35-19-4-8-25-41(35)44;1-11-10-12-6-2-3-8-14(12)15-9-5-4-7-13(11)15/h1-27H;2-10H,1H3. The van der Waals surface area contributed by atoms with Gasteiger partial charge in [0.2, 0.25) is 0 Å². The minimum Gasteiger partial charge on any atom is -0.309 e. The number of aromatic nitrogens is 3. The molecule has 9 aromatic carbocycles. The number of fused-ring (bicyclic) bond motifs is 9. The van der Waals surface area contributed by atoms with Crippen molar-refractivity contribution in [3.8, 4) is 33.9 Å². The van der Waals surface area contributed by atoms with Gasteiger partial charge in [0.25, 0.3) is 0 Å². The van der Waals surface area contributed by atoms with Gasteiger partial charge in [0, 0.05) is 44.0 Å². The molecule has 0 aliphatic carbocycles. The second-order valence-electron chi connectivity index (χ2n) is 15.2. The molecule has 12 rings (SSSR count). The van der Waals surface area contributed by atoms with E-state index in [0.717, 1.165) is 33.9 Å². The van der Waals surface area contributed by atoms with Crippen LogP contribution in [0.4, 0.5) is 0 Å². The number of pyridine rings is 1. The summed E-state index contributed by atoms with van der Waals surface area (Å²) in [5, 5.41) is 10.4. The smallest absolute Gasteiger partial charge is 0.0710 e. The third-order valence-electron chi connectivity index (χ3n) is 11.7. The van der Waals surface area contributed by atoms with E-state index in [0.29, 0.717) is 0 Å². The lowest BCUT2D eigenvalue weighted by molar-refractivity contribution is 1.17. The molecule has 0 saturated heterocycles. The molecule has 0 unspecified atom stereocenters. The van der Waals surface area contributed by atoms with Gasteiger partial charge in [-0.25, -0.2) is 4.98 Å². The zero-order valence-electron chi connectivity index (χ0n) is 32.6. The normalized spacial score (nSPS) is 11.5. The molecule has 3 heterocycles. The zero-order valence-corrected chi connectivity index (χ0v) is 32.6. The van der Waals surface area contributed by atoms with Crippen LogP contribution in [0.1, 0.15) is 5.56 Å². The first-order valence-corrected chi connectivity index (χ1v) is 20.2. The lowest BCUT2D eigenvalue weighted by atomic mass is 9.98. The second-order valence-corrected chi connectivity index (χ2v) is 15.2. The van der Waals surface area contributed by atoms with Crippen LogP contribution in [0.3, 0.4) is 0 Å². The molecule has 12 aromatic rings. The summed E-state index contributed by atoms with van der Waals surface area (Å²) >= 11 is 0. The van der Waals surface area contributed by atoms with Crippen molar-refractivity contribution in [3.63, 3.8) is 0 Å². The van der Waals surface area contributed by atoms with E-state index in [1.807, 2.05) is 0 Å². The maximum absolute atomic E-state index is 5.19. The predicted molar refractivity (Wildman–Crippen MR) is 250 cm³/mol. The molecule has 0 bridgehead atoms. The van der Waals surface area contributed by atoms with Crippen LogP contribution in [-0.2, 0) is 0 Å². The Morgan fingerprint density at radius 1 is 0.305 bits per heavy atom. The fourth-order valence-electron chi connectivity index (χ4n) is 9.01. The minimum absolute atomic E-state index is 0.951. The fraction of sp³-hybridized carbons (Fsp3) is 0.0179. The van der Waals surface area contributed by atoms with Crippen LogP contribution in [0.5, 0.6) is 0 Å². The van der Waals surface area contributed by atoms with E-state index < -0.39 is 0 Å². The van der Waals surface area contributed by atoms with Crippen LogP contribution >= 0.6 is 0 Å². The van der Waals surface area contributed by atoms with E-state index in [-0.39, 0.29) is 0 Å². The van der Waals surface area contributed by atoms with Crippen molar-refractivity contribution >= 4 is 65.2 Å². The van der Waals surface area contributed by atoms with Gasteiger partial charge in [-0.1, -0.05) is 158 Å². The predicted octanol–water partition coefficient (Wildman–Crippen LogP) is 14.9. The maximum Gasteiger partial charge on any atom is 0.0710 e. The van der Waals surface area contributed by atoms with Crippen LogP contribution < -0.4 is 0 Å². The molecule has 0 atom stereocenters. The molecule has 0 spiro atoms. The van der Waals surface area contributed by atoms with E-state index in [2.05, 4.69) is 234 Å². The number of para-hydroxylation sites is 4. The number of rotatable bonds is 4. The quantitative estimate of drug-likeness (QED) is 0.164. The molecule has 0 aliphatic heterocycles. The highest BCUT2D eigenvalue weighted by molar-refractivity contribution is 6.11. The molecule has 0 saturated carbocycles. The topological polar surface area (TPSA) is 22.8 Å². The number of aryl methyl sites for hydroxylation is 1. The second kappa shape index (κ2) is 14.3. The minimum atomic E-state index is 0.951. The van der Waals surface area contributed by atoms with E-state index in [9.17, 15) is 0 Å². The van der Waals surface area contributed by atoms with Crippen molar-refractivity contribution < 1.29 is 0 Å². The van der Waals surface area contributed by atoms with Gasteiger partial charge < -0.3 is 9.13 Å². The summed E-state index contributed by atoms with van der Waals surface area (Å²) in [7, 11) is 0. The largest absolute Gasteiger partial charge is 0.309 e. The third-order valence-corrected chi connectivity index (χ3v) is 11.7. The molecule has 0 radical (unpaired) electrons. The Bertz CT molecular complexity index is 3250. The lowest BCUT2D eigenvalue weighted by Crippen LogP contribution is -1.96. The van der Waals surface area contributed by atoms with Crippen LogP contribution in [0.2, 0.25) is 0 Å². The summed E-state index contributed by atoms with van der Waals surface area (Å²) in [6, 6.07) is 77.7. The molecule has 0 N–H and O–H groups in total. The number of hydrogen-bond donors (Lipinski definition) is 0. The van der Waals surface area contributed by atoms with E-state index >= 15 is 0 Å². The summed E-state index contributed by atoms with van der Waals surface area (Å²) < 4.78 is 4.71. The molecular formula is C56H39N3. The van der Waals surface area contributed by atoms with Crippen molar-refractivity contribution in [2.24, 2.45) is 0 Å². The molecule has 0 fully saturated rings. The van der Waals surface area contributed by atoms with Crippen molar-refractivity contribution in [1.29, 1.82) is 0 Å². The molecule has 278 valence electrons. The van der Waals surface area contributed by atoms with Crippen molar-refractivity contribution in [1.82, 2.24) is 14.1 Å². The van der Waals surface area contributed by atoms with Crippen LogP contribution in [0.25, 0.3) is 99.0 Å². The fourth-order valence-corrected chi connectivity index (χ4v) is 9.01. The summed E-state index contributed by atoms with van der Waals surface area (Å²) in [5.41, 5.74) is 12.5. The highest BCUT2D eigenvalue weighted by Crippen LogP contribution is 2.35. The average molecular weight is 754 g/mol. The van der Waals surface area contributed by atoms with E-state index in [1.165, 1.54) is 70.7 Å². The number of hydrogen-bond acceptors (Lipinski definition) is 1. The Morgan fingerprint density at radius 2 is 0.678 bits per heavy atom. The van der Waals surface area contributed by atoms with Crippen molar-refractivity contribution in [2.75, 3.05) is 0 Å². The monoisotopic (exact) mass is 753 g/mol. The molecule has 3 nitrogen and oxygen atoms in total. The van der Waals surface area contributed by atoms with Crippen LogP contribution in [0.15, 0.2) is 218 Å². The van der Waals surface area contributed by atoms with Crippen LogP contribution in [-0.4, -0.2) is 14.1 Å². The van der Waals surface area contributed by atoms with Gasteiger partial charge in [-0.05, 0) is 94.7 Å². The Hall–Kier alpha value is -7.75. The molecular weight excluding hydrogens is 715 g/mol. The number of nitrogens with zero attached hydrogens (tertiary/aromatic N) is 3. The SMILES string of the molecule is Cc1cc2ccccc2c2ccccc12.c1cc(-c2cccc(-c3cccc(-n4c5ccccc5c5ccccc54)c3)n2)cc(-n2c3ccccc3c3ccccc32)c1. The first kappa shape index (κ1) is 34.5. The highest BCUT2D eigenvalue weighted by Gasteiger charge is 2.15. The van der Waals surface area contributed by atoms with Gasteiger partial charge in [-0.15, -0.1) is 0 Å². The summed E-state index contributed by atoms with van der Waals surface area (Å²) in [6.45, 7) is 2.18. The summed E-state index contributed by atoms with van der Waals surface area (Å²) in [6.07, 6.45) is 0. The third kappa shape index (κ3) is 5.95. The van der Waals surface area contributed by atoms with Crippen molar-refractivity contribution in [2.45, 2.75) is 6.92 Å². The molecule has 0 aliphatic rings. The molecule has 59 heavy (non-hydrogen) atoms. The van der Waals surface area contributed by atoms with E-state index in [1.54, 1.807) is 0 Å². The van der Waals surface area contributed by atoms with Gasteiger partial charge in [0.05, 0.1) is 33.5 Å². The summed E-state index contributed by atoms with van der Waals surface area (Å²) in [5.74, 6) is 0. The Morgan fingerprint density at radius 3 is 1.15 bits per heavy atom. The first-order chi connectivity index (χ1) is 29.2. The van der Waals surface area contributed by atoms with Gasteiger partial charge in [0.1, 0.15) is 0 Å². The van der Waals surface area contributed by atoms with Gasteiger partial charge in [-0.2, -0.15) is 0 Å². The maximum atomic E-state index is 5.19. The van der Waals surface area contributed by atoms with Crippen LogP contribution in [0, 0.1) is 6.92 Å². The molecule has 3 heteroatoms. The lowest BCUT2D eigenvalue weighted by Gasteiger charge is -2.12. The first-order valence-electron chi connectivity index (χ1n) is 20.2. The Kier molecular flexibility index (Phi) is 8.37. The Balaban J connectivity index is 0.000000222. The average Bonchev–Trinajstić information content (AvgIpc) is 3.83. The Labute approximate surface area is 342 Å². The van der Waals surface area contributed by atoms with Gasteiger partial charge in [-0.3, -0.25) is 0 Å². The summed E-state index contributed by atoms with van der Waals surface area (Å²) in [4.78, 5) is 5.19. The van der Waals surface area contributed by atoms with Gasteiger partial charge >= 0.3 is 0 Å². The molecule has 3 aromatic heterocycles.